The van der Waals surface area contributed by atoms with E-state index in [1.54, 1.807) is 6.07 Å². The fraction of sp³-hybridized carbons (Fsp3) is 0.176. The highest BCUT2D eigenvalue weighted by atomic mass is 35.5. The summed E-state index contributed by atoms with van der Waals surface area (Å²) >= 11 is 6.09. The van der Waals surface area contributed by atoms with Gasteiger partial charge in [0.1, 0.15) is 6.04 Å². The van der Waals surface area contributed by atoms with Crippen molar-refractivity contribution in [1.82, 2.24) is 10.2 Å². The number of hydrogen-bond acceptors (Lipinski definition) is 2. The first kappa shape index (κ1) is 14.6. The number of rotatable bonds is 4. The quantitative estimate of drug-likeness (QED) is 0.882. The molecule has 2 aromatic rings. The van der Waals surface area contributed by atoms with Crippen LogP contribution >= 0.6 is 11.6 Å². The van der Waals surface area contributed by atoms with Gasteiger partial charge in [-0.1, -0.05) is 60.1 Å². The fourth-order valence-corrected chi connectivity index (χ4v) is 2.71. The highest BCUT2D eigenvalue weighted by molar-refractivity contribution is 6.31. The number of carbonyl (C=O) groups excluding carboxylic acids is 2. The van der Waals surface area contributed by atoms with E-state index in [1.165, 1.54) is 4.90 Å². The van der Waals surface area contributed by atoms with Crippen molar-refractivity contribution < 1.29 is 9.59 Å². The molecule has 0 spiro atoms. The molecular formula is C17H15ClN2O2. The topological polar surface area (TPSA) is 49.4 Å². The van der Waals surface area contributed by atoms with Gasteiger partial charge in [-0.2, -0.15) is 0 Å². The lowest BCUT2D eigenvalue weighted by atomic mass is 10.1. The molecule has 3 amide bonds. The third-order valence-corrected chi connectivity index (χ3v) is 4.04. The van der Waals surface area contributed by atoms with Gasteiger partial charge in [0.05, 0.1) is 6.54 Å². The normalized spacial score (nSPS) is 17.7. The van der Waals surface area contributed by atoms with E-state index >= 15 is 0 Å². The van der Waals surface area contributed by atoms with Gasteiger partial charge in [-0.3, -0.25) is 9.69 Å². The van der Waals surface area contributed by atoms with E-state index in [0.29, 0.717) is 11.4 Å². The van der Waals surface area contributed by atoms with Crippen molar-refractivity contribution in [3.05, 3.63) is 70.7 Å². The SMILES string of the molecule is O=C1N[C@@H](Cc2ccccc2)C(=O)N1Cc1ccccc1Cl. The van der Waals surface area contributed by atoms with Gasteiger partial charge in [0.25, 0.3) is 5.91 Å². The Kier molecular flexibility index (Phi) is 4.11. The first-order valence-corrected chi connectivity index (χ1v) is 7.42. The van der Waals surface area contributed by atoms with E-state index in [9.17, 15) is 9.59 Å². The Balaban J connectivity index is 1.73. The van der Waals surface area contributed by atoms with Crippen LogP contribution in [0.1, 0.15) is 11.1 Å². The standard InChI is InChI=1S/C17H15ClN2O2/c18-14-9-5-4-8-13(14)11-20-16(21)15(19-17(20)22)10-12-6-2-1-3-7-12/h1-9,15H,10-11H2,(H,19,22)/t15-/m0/s1. The lowest BCUT2D eigenvalue weighted by Crippen LogP contribution is -2.32. The van der Waals surface area contributed by atoms with Crippen molar-refractivity contribution in [3.63, 3.8) is 0 Å². The lowest BCUT2D eigenvalue weighted by molar-refractivity contribution is -0.127. The summed E-state index contributed by atoms with van der Waals surface area (Å²) in [6.45, 7) is 0.190. The Morgan fingerprint density at radius 3 is 2.41 bits per heavy atom. The van der Waals surface area contributed by atoms with Crippen LogP contribution < -0.4 is 5.32 Å². The predicted molar refractivity (Wildman–Crippen MR) is 84.5 cm³/mol. The molecule has 1 fully saturated rings. The summed E-state index contributed by atoms with van der Waals surface area (Å²) in [5.41, 5.74) is 1.77. The lowest BCUT2D eigenvalue weighted by Gasteiger charge is -2.14. The summed E-state index contributed by atoms with van der Waals surface area (Å²) in [6, 6.07) is 16.0. The predicted octanol–water partition coefficient (Wildman–Crippen LogP) is 3.00. The van der Waals surface area contributed by atoms with Gasteiger partial charge in [0.2, 0.25) is 0 Å². The number of urea groups is 1. The Morgan fingerprint density at radius 1 is 1.00 bits per heavy atom. The molecule has 3 rings (SSSR count). The van der Waals surface area contributed by atoms with Crippen molar-refractivity contribution in [3.8, 4) is 0 Å². The van der Waals surface area contributed by atoms with E-state index in [2.05, 4.69) is 5.32 Å². The van der Waals surface area contributed by atoms with E-state index in [4.69, 9.17) is 11.6 Å². The molecule has 0 radical (unpaired) electrons. The van der Waals surface area contributed by atoms with Crippen molar-refractivity contribution >= 4 is 23.5 Å². The minimum absolute atomic E-state index is 0.190. The van der Waals surface area contributed by atoms with Gasteiger partial charge in [-0.15, -0.1) is 0 Å². The molecule has 4 nitrogen and oxygen atoms in total. The minimum atomic E-state index is -0.516. The van der Waals surface area contributed by atoms with Gasteiger partial charge in [-0.25, -0.2) is 4.79 Å². The van der Waals surface area contributed by atoms with Crippen LogP contribution in [0.25, 0.3) is 0 Å². The van der Waals surface area contributed by atoms with Crippen LogP contribution in [0.4, 0.5) is 4.79 Å². The van der Waals surface area contributed by atoms with Gasteiger partial charge >= 0.3 is 6.03 Å². The van der Waals surface area contributed by atoms with E-state index in [1.807, 2.05) is 48.5 Å². The first-order chi connectivity index (χ1) is 10.6. The molecule has 0 aromatic heterocycles. The molecule has 1 N–H and O–H groups in total. The Hall–Kier alpha value is -2.33. The first-order valence-electron chi connectivity index (χ1n) is 7.04. The monoisotopic (exact) mass is 314 g/mol. The maximum atomic E-state index is 12.4. The molecule has 1 heterocycles. The maximum absolute atomic E-state index is 12.4. The van der Waals surface area contributed by atoms with Crippen LogP contribution in [-0.4, -0.2) is 22.9 Å². The fourth-order valence-electron chi connectivity index (χ4n) is 2.51. The number of benzene rings is 2. The summed E-state index contributed by atoms with van der Waals surface area (Å²) in [5, 5.41) is 3.29. The number of nitrogens with one attached hydrogen (secondary N) is 1. The average molecular weight is 315 g/mol. The van der Waals surface area contributed by atoms with Crippen LogP contribution in [0.5, 0.6) is 0 Å². The number of carbonyl (C=O) groups is 2. The maximum Gasteiger partial charge on any atom is 0.325 e. The summed E-state index contributed by atoms with van der Waals surface area (Å²) in [7, 11) is 0. The molecule has 1 saturated heterocycles. The molecule has 0 saturated carbocycles. The molecular weight excluding hydrogens is 300 g/mol. The van der Waals surface area contributed by atoms with Crippen LogP contribution in [0, 0.1) is 0 Å². The number of imide groups is 1. The molecule has 0 bridgehead atoms. The molecule has 5 heteroatoms. The van der Waals surface area contributed by atoms with Crippen LogP contribution in [0.3, 0.4) is 0 Å². The zero-order chi connectivity index (χ0) is 15.5. The highest BCUT2D eigenvalue weighted by Gasteiger charge is 2.37. The summed E-state index contributed by atoms with van der Waals surface area (Å²) < 4.78 is 0. The molecule has 2 aromatic carbocycles. The number of amides is 3. The second kappa shape index (κ2) is 6.20. The highest BCUT2D eigenvalue weighted by Crippen LogP contribution is 2.20. The third kappa shape index (κ3) is 2.97. The summed E-state index contributed by atoms with van der Waals surface area (Å²) in [5.74, 6) is -0.214. The molecule has 1 aliphatic rings. The largest absolute Gasteiger partial charge is 0.325 e. The van der Waals surface area contributed by atoms with Gasteiger partial charge in [0, 0.05) is 11.4 Å². The molecule has 22 heavy (non-hydrogen) atoms. The Morgan fingerprint density at radius 2 is 1.68 bits per heavy atom. The van der Waals surface area contributed by atoms with Gasteiger partial charge in [0.15, 0.2) is 0 Å². The molecule has 1 atom stereocenters. The van der Waals surface area contributed by atoms with E-state index < -0.39 is 6.04 Å². The van der Waals surface area contributed by atoms with Crippen LogP contribution in [0.15, 0.2) is 54.6 Å². The zero-order valence-electron chi connectivity index (χ0n) is 11.8. The number of nitrogens with zero attached hydrogens (tertiary/aromatic N) is 1. The zero-order valence-corrected chi connectivity index (χ0v) is 12.6. The molecule has 0 unspecified atom stereocenters. The van der Waals surface area contributed by atoms with Crippen LogP contribution in [-0.2, 0) is 17.8 Å². The molecule has 1 aliphatic heterocycles. The minimum Gasteiger partial charge on any atom is -0.325 e. The second-order valence-corrected chi connectivity index (χ2v) is 5.61. The van der Waals surface area contributed by atoms with Crippen molar-refractivity contribution in [2.75, 3.05) is 0 Å². The molecule has 112 valence electrons. The number of hydrogen-bond donors (Lipinski definition) is 1. The summed E-state index contributed by atoms with van der Waals surface area (Å²) in [6.07, 6.45) is 0.491. The second-order valence-electron chi connectivity index (χ2n) is 5.21. The molecule has 0 aliphatic carbocycles. The van der Waals surface area contributed by atoms with Crippen molar-refractivity contribution in [2.45, 2.75) is 19.0 Å². The van der Waals surface area contributed by atoms with Gasteiger partial charge in [-0.05, 0) is 17.2 Å². The van der Waals surface area contributed by atoms with E-state index in [0.717, 1.165) is 11.1 Å². The summed E-state index contributed by atoms with van der Waals surface area (Å²) in [4.78, 5) is 25.7. The smallest absolute Gasteiger partial charge is 0.325 e. The van der Waals surface area contributed by atoms with Crippen LogP contribution in [0.2, 0.25) is 5.02 Å². The van der Waals surface area contributed by atoms with E-state index in [-0.39, 0.29) is 18.5 Å². The van der Waals surface area contributed by atoms with Gasteiger partial charge < -0.3 is 5.32 Å². The third-order valence-electron chi connectivity index (χ3n) is 3.68. The Bertz CT molecular complexity index is 703. The average Bonchev–Trinajstić information content (AvgIpc) is 2.78. The van der Waals surface area contributed by atoms with Crippen molar-refractivity contribution in [2.24, 2.45) is 0 Å². The number of halogens is 1. The van der Waals surface area contributed by atoms with Crippen molar-refractivity contribution in [1.29, 1.82) is 0 Å². The Labute approximate surface area is 133 Å².